The molecule has 30 heavy (non-hydrogen) atoms. The van der Waals surface area contributed by atoms with Crippen molar-refractivity contribution in [2.75, 3.05) is 20.2 Å². The Morgan fingerprint density at radius 2 is 1.90 bits per heavy atom. The number of aromatic hydroxyl groups is 2. The minimum absolute atomic E-state index is 0.0626. The minimum atomic E-state index is -0.567. The van der Waals surface area contributed by atoms with Crippen LogP contribution in [0.1, 0.15) is 43.4 Å². The number of phenols is 2. The molecular formula is C23H27N3O4. The first-order chi connectivity index (χ1) is 14.4. The second kappa shape index (κ2) is 7.99. The molecule has 2 aliphatic heterocycles. The van der Waals surface area contributed by atoms with Gasteiger partial charge in [0.15, 0.2) is 11.5 Å². The van der Waals surface area contributed by atoms with E-state index in [1.165, 1.54) is 7.11 Å². The van der Waals surface area contributed by atoms with Crippen LogP contribution in [0.4, 0.5) is 0 Å². The van der Waals surface area contributed by atoms with E-state index in [0.717, 1.165) is 11.3 Å². The summed E-state index contributed by atoms with van der Waals surface area (Å²) in [6.07, 6.45) is 1.83. The van der Waals surface area contributed by atoms with E-state index in [-0.39, 0.29) is 23.4 Å². The van der Waals surface area contributed by atoms with Crippen LogP contribution in [0.2, 0.25) is 0 Å². The van der Waals surface area contributed by atoms with Crippen molar-refractivity contribution in [1.29, 1.82) is 0 Å². The monoisotopic (exact) mass is 409 g/mol. The van der Waals surface area contributed by atoms with Gasteiger partial charge >= 0.3 is 0 Å². The molecule has 2 heterocycles. The molecule has 1 fully saturated rings. The number of ether oxygens (including phenoxy) is 1. The fraction of sp³-hybridized carbons (Fsp3) is 0.391. The normalized spacial score (nSPS) is 20.7. The molecule has 0 bridgehead atoms. The Labute approximate surface area is 176 Å². The smallest absolute Gasteiger partial charge is 0.219 e. The summed E-state index contributed by atoms with van der Waals surface area (Å²) in [5.41, 5.74) is 1.64. The Bertz CT molecular complexity index is 980. The number of hydrogen-bond donors (Lipinski definition) is 3. The average Bonchev–Trinajstić information content (AvgIpc) is 2.74. The summed E-state index contributed by atoms with van der Waals surface area (Å²) in [7, 11) is 1.53. The lowest BCUT2D eigenvalue weighted by Crippen LogP contribution is -2.56. The molecule has 0 saturated carbocycles. The fourth-order valence-electron chi connectivity index (χ4n) is 4.41. The number of benzene rings is 2. The molecule has 1 amide bonds. The lowest BCUT2D eigenvalue weighted by atomic mass is 9.87. The molecular weight excluding hydrogens is 382 g/mol. The summed E-state index contributed by atoms with van der Waals surface area (Å²) < 4.78 is 5.29. The third kappa shape index (κ3) is 3.73. The number of aliphatic imine (C=N–C) groups is 1. The van der Waals surface area contributed by atoms with Gasteiger partial charge in [-0.1, -0.05) is 24.3 Å². The Balaban J connectivity index is 1.74. The number of amides is 1. The summed E-state index contributed by atoms with van der Waals surface area (Å²) in [5.74, 6) is 0.768. The summed E-state index contributed by atoms with van der Waals surface area (Å²) >= 11 is 0. The third-order valence-corrected chi connectivity index (χ3v) is 6.07. The van der Waals surface area contributed by atoms with Crippen LogP contribution in [0, 0.1) is 0 Å². The Morgan fingerprint density at radius 3 is 2.57 bits per heavy atom. The molecule has 2 aromatic rings. The zero-order valence-electron chi connectivity index (χ0n) is 17.3. The standard InChI is InChI=1S/C23H27N3O4/c1-15(27)26-12-10-23(11-13-26)24-18(16-6-3-4-8-20(16)28)14-19(25-23)17-7-5-9-21(30-2)22(17)29/h3-9,19,25,28-29H,10-14H2,1-2H3/t19-/m1/s1. The van der Waals surface area contributed by atoms with Crippen LogP contribution in [-0.4, -0.2) is 52.6 Å². The number of likely N-dealkylation sites (tertiary alicyclic amines) is 1. The number of rotatable bonds is 3. The number of nitrogens with one attached hydrogen (secondary N) is 1. The van der Waals surface area contributed by atoms with Crippen LogP contribution < -0.4 is 10.1 Å². The van der Waals surface area contributed by atoms with Gasteiger partial charge in [0.25, 0.3) is 0 Å². The summed E-state index contributed by atoms with van der Waals surface area (Å²) in [6.45, 7) is 2.80. The first-order valence-electron chi connectivity index (χ1n) is 10.2. The van der Waals surface area contributed by atoms with Crippen molar-refractivity contribution in [3.8, 4) is 17.2 Å². The van der Waals surface area contributed by atoms with Gasteiger partial charge in [-0.3, -0.25) is 15.1 Å². The van der Waals surface area contributed by atoms with Gasteiger partial charge in [0.1, 0.15) is 11.4 Å². The number of piperidine rings is 1. The van der Waals surface area contributed by atoms with Crippen LogP contribution in [0.3, 0.4) is 0 Å². The number of hydrogen-bond acceptors (Lipinski definition) is 6. The van der Waals surface area contributed by atoms with Crippen molar-refractivity contribution >= 4 is 11.6 Å². The van der Waals surface area contributed by atoms with Crippen molar-refractivity contribution in [3.63, 3.8) is 0 Å². The van der Waals surface area contributed by atoms with E-state index in [2.05, 4.69) is 5.32 Å². The zero-order chi connectivity index (χ0) is 21.3. The first kappa shape index (κ1) is 20.2. The highest BCUT2D eigenvalue weighted by Gasteiger charge is 2.41. The predicted molar refractivity (Wildman–Crippen MR) is 114 cm³/mol. The molecule has 1 spiro atoms. The van der Waals surface area contributed by atoms with E-state index in [9.17, 15) is 15.0 Å². The molecule has 3 N–H and O–H groups in total. The van der Waals surface area contributed by atoms with Crippen molar-refractivity contribution in [2.24, 2.45) is 4.99 Å². The first-order valence-corrected chi connectivity index (χ1v) is 10.2. The quantitative estimate of drug-likeness (QED) is 0.725. The number of nitrogens with zero attached hydrogens (tertiary/aromatic N) is 2. The van der Waals surface area contributed by atoms with Crippen molar-refractivity contribution in [1.82, 2.24) is 10.2 Å². The van der Waals surface area contributed by atoms with Gasteiger partial charge in [-0.05, 0) is 18.2 Å². The van der Waals surface area contributed by atoms with Crippen LogP contribution in [-0.2, 0) is 4.79 Å². The van der Waals surface area contributed by atoms with Crippen molar-refractivity contribution in [3.05, 3.63) is 53.6 Å². The van der Waals surface area contributed by atoms with Crippen LogP contribution in [0.5, 0.6) is 17.2 Å². The van der Waals surface area contributed by atoms with E-state index >= 15 is 0 Å². The molecule has 4 rings (SSSR count). The molecule has 158 valence electrons. The lowest BCUT2D eigenvalue weighted by molar-refractivity contribution is -0.130. The maximum absolute atomic E-state index is 11.8. The van der Waals surface area contributed by atoms with Crippen molar-refractivity contribution < 1.29 is 19.7 Å². The van der Waals surface area contributed by atoms with E-state index in [1.54, 1.807) is 25.1 Å². The molecule has 2 aliphatic rings. The number of phenolic OH excluding ortho intramolecular Hbond substituents is 2. The van der Waals surface area contributed by atoms with Gasteiger partial charge in [0, 0.05) is 62.2 Å². The van der Waals surface area contributed by atoms with E-state index in [0.29, 0.717) is 43.7 Å². The van der Waals surface area contributed by atoms with Gasteiger partial charge in [-0.25, -0.2) is 0 Å². The molecule has 1 saturated heterocycles. The molecule has 2 aromatic carbocycles. The highest BCUT2D eigenvalue weighted by Crippen LogP contribution is 2.41. The van der Waals surface area contributed by atoms with Crippen LogP contribution in [0.25, 0.3) is 0 Å². The maximum atomic E-state index is 11.8. The highest BCUT2D eigenvalue weighted by atomic mass is 16.5. The van der Waals surface area contributed by atoms with Crippen molar-refractivity contribution in [2.45, 2.75) is 37.9 Å². The Kier molecular flexibility index (Phi) is 5.39. The molecule has 0 aromatic heterocycles. The van der Waals surface area contributed by atoms with Crippen LogP contribution in [0.15, 0.2) is 47.5 Å². The second-order valence-electron chi connectivity index (χ2n) is 7.91. The van der Waals surface area contributed by atoms with Gasteiger partial charge in [0.05, 0.1) is 7.11 Å². The summed E-state index contributed by atoms with van der Waals surface area (Å²) in [5, 5.41) is 24.8. The Morgan fingerprint density at radius 1 is 1.17 bits per heavy atom. The summed E-state index contributed by atoms with van der Waals surface area (Å²) in [4.78, 5) is 18.7. The Hall–Kier alpha value is -3.06. The largest absolute Gasteiger partial charge is 0.507 e. The molecule has 1 atom stereocenters. The van der Waals surface area contributed by atoms with E-state index < -0.39 is 5.66 Å². The van der Waals surface area contributed by atoms with Gasteiger partial charge in [-0.2, -0.15) is 0 Å². The highest BCUT2D eigenvalue weighted by molar-refractivity contribution is 6.03. The topological polar surface area (TPSA) is 94.4 Å². The number of carbonyl (C=O) groups excluding carboxylic acids is 1. The molecule has 7 heteroatoms. The van der Waals surface area contributed by atoms with Gasteiger partial charge in [-0.15, -0.1) is 0 Å². The second-order valence-corrected chi connectivity index (χ2v) is 7.91. The minimum Gasteiger partial charge on any atom is -0.507 e. The number of methoxy groups -OCH3 is 1. The predicted octanol–water partition coefficient (Wildman–Crippen LogP) is 2.97. The number of carbonyl (C=O) groups is 1. The van der Waals surface area contributed by atoms with E-state index in [4.69, 9.17) is 9.73 Å². The SMILES string of the molecule is COc1cccc([C@H]2CC(c3ccccc3O)=NC3(CCN(C(C)=O)CC3)N2)c1O. The van der Waals surface area contributed by atoms with E-state index in [1.807, 2.05) is 29.2 Å². The molecule has 0 radical (unpaired) electrons. The van der Waals surface area contributed by atoms with Gasteiger partial charge < -0.3 is 19.8 Å². The molecule has 0 aliphatic carbocycles. The maximum Gasteiger partial charge on any atom is 0.219 e. The summed E-state index contributed by atoms with van der Waals surface area (Å²) in [6, 6.07) is 12.4. The number of para-hydroxylation sites is 2. The zero-order valence-corrected chi connectivity index (χ0v) is 17.3. The average molecular weight is 409 g/mol. The lowest BCUT2D eigenvalue weighted by Gasteiger charge is -2.45. The third-order valence-electron chi connectivity index (χ3n) is 6.07. The van der Waals surface area contributed by atoms with Gasteiger partial charge in [0.2, 0.25) is 5.91 Å². The fourth-order valence-corrected chi connectivity index (χ4v) is 4.41. The molecule has 0 unspecified atom stereocenters. The molecule has 7 nitrogen and oxygen atoms in total. The van der Waals surface area contributed by atoms with Crippen LogP contribution >= 0.6 is 0 Å².